The maximum atomic E-state index is 10.7. The van der Waals surface area contributed by atoms with Crippen LogP contribution in [0, 0.1) is 20.8 Å². The van der Waals surface area contributed by atoms with Crippen molar-refractivity contribution in [2.75, 3.05) is 0 Å². The molecule has 0 saturated heterocycles. The zero-order valence-electron chi connectivity index (χ0n) is 10.4. The summed E-state index contributed by atoms with van der Waals surface area (Å²) in [6.45, 7) is 6.72. The van der Waals surface area contributed by atoms with Gasteiger partial charge in [0.05, 0.1) is 11.9 Å². The third kappa shape index (κ3) is 2.05. The molecule has 0 aliphatic heterocycles. The van der Waals surface area contributed by atoms with Crippen molar-refractivity contribution in [3.05, 3.63) is 35.0 Å². The van der Waals surface area contributed by atoms with Gasteiger partial charge < -0.3 is 9.67 Å². The first kappa shape index (κ1) is 11.7. The Bertz CT molecular complexity index is 581. The fourth-order valence-corrected chi connectivity index (χ4v) is 2.32. The number of hydrogen-bond acceptors (Lipinski definition) is 1. The van der Waals surface area contributed by atoms with Gasteiger partial charge in [0.15, 0.2) is 0 Å². The van der Waals surface area contributed by atoms with Gasteiger partial charge in [-0.3, -0.25) is 4.79 Å². The Morgan fingerprint density at radius 3 is 2.53 bits per heavy atom. The van der Waals surface area contributed by atoms with Gasteiger partial charge in [0, 0.05) is 17.6 Å². The van der Waals surface area contributed by atoms with Crippen LogP contribution in [0.2, 0.25) is 0 Å². The summed E-state index contributed by atoms with van der Waals surface area (Å²) in [6.07, 6.45) is 0.165. The van der Waals surface area contributed by atoms with Gasteiger partial charge in [-0.15, -0.1) is 0 Å². The predicted molar refractivity (Wildman–Crippen MR) is 68.4 cm³/mol. The number of fused-ring (bicyclic) bond motifs is 1. The second-order valence-corrected chi connectivity index (χ2v) is 4.54. The Kier molecular flexibility index (Phi) is 2.92. The largest absolute Gasteiger partial charge is 0.481 e. The van der Waals surface area contributed by atoms with Crippen LogP contribution < -0.4 is 0 Å². The van der Waals surface area contributed by atoms with Crippen molar-refractivity contribution >= 4 is 16.9 Å². The molecule has 0 aliphatic rings. The number of hydrogen-bond donors (Lipinski definition) is 1. The molecule has 0 spiro atoms. The van der Waals surface area contributed by atoms with Crippen LogP contribution >= 0.6 is 0 Å². The third-order valence-electron chi connectivity index (χ3n) is 3.23. The lowest BCUT2D eigenvalue weighted by atomic mass is 10.1. The normalized spacial score (nSPS) is 11.0. The number of carboxylic acids is 1. The minimum Gasteiger partial charge on any atom is -0.481 e. The molecular formula is C14H17NO2. The van der Waals surface area contributed by atoms with Crippen LogP contribution in [0.3, 0.4) is 0 Å². The summed E-state index contributed by atoms with van der Waals surface area (Å²) in [5, 5.41) is 10.0. The van der Waals surface area contributed by atoms with E-state index >= 15 is 0 Å². The Morgan fingerprint density at radius 2 is 1.88 bits per heavy atom. The molecule has 0 bridgehead atoms. The van der Waals surface area contributed by atoms with E-state index in [9.17, 15) is 4.79 Å². The molecule has 0 aliphatic carbocycles. The average Bonchev–Trinajstić information content (AvgIpc) is 2.59. The van der Waals surface area contributed by atoms with Gasteiger partial charge >= 0.3 is 5.97 Å². The summed E-state index contributed by atoms with van der Waals surface area (Å²) < 4.78 is 2.10. The predicted octanol–water partition coefficient (Wildman–Crippen LogP) is 3.04. The fourth-order valence-electron chi connectivity index (χ4n) is 2.32. The van der Waals surface area contributed by atoms with Crippen LogP contribution in [-0.4, -0.2) is 15.6 Å². The molecule has 0 fully saturated rings. The first-order valence-electron chi connectivity index (χ1n) is 5.78. The maximum absolute atomic E-state index is 10.7. The van der Waals surface area contributed by atoms with E-state index in [1.54, 1.807) is 0 Å². The molecule has 0 unspecified atom stereocenters. The number of aromatic nitrogens is 1. The molecule has 0 amide bonds. The highest BCUT2D eigenvalue weighted by Gasteiger charge is 2.10. The molecule has 0 atom stereocenters. The highest BCUT2D eigenvalue weighted by molar-refractivity contribution is 5.87. The Labute approximate surface area is 101 Å². The molecule has 3 nitrogen and oxygen atoms in total. The number of carbonyl (C=O) groups is 1. The number of aliphatic carboxylic acids is 1. The van der Waals surface area contributed by atoms with Gasteiger partial charge in [-0.25, -0.2) is 0 Å². The zero-order valence-corrected chi connectivity index (χ0v) is 10.4. The lowest BCUT2D eigenvalue weighted by Crippen LogP contribution is -2.06. The van der Waals surface area contributed by atoms with Crippen LogP contribution in [0.5, 0.6) is 0 Å². The van der Waals surface area contributed by atoms with Crippen LogP contribution in [0.15, 0.2) is 18.2 Å². The average molecular weight is 231 g/mol. The molecule has 0 radical (unpaired) electrons. The van der Waals surface area contributed by atoms with E-state index in [-0.39, 0.29) is 6.42 Å². The molecule has 1 aromatic heterocycles. The summed E-state index contributed by atoms with van der Waals surface area (Å²) in [5.41, 5.74) is 4.73. The summed E-state index contributed by atoms with van der Waals surface area (Å²) in [7, 11) is 0. The van der Waals surface area contributed by atoms with Crippen molar-refractivity contribution in [3.63, 3.8) is 0 Å². The number of carboxylic acid groups (broad SMARTS) is 1. The minimum absolute atomic E-state index is 0.165. The smallest absolute Gasteiger partial charge is 0.305 e. The number of aryl methyl sites for hydroxylation is 4. The number of benzene rings is 1. The monoisotopic (exact) mass is 231 g/mol. The number of nitrogens with zero attached hydrogens (tertiary/aromatic N) is 1. The summed E-state index contributed by atoms with van der Waals surface area (Å²) >= 11 is 0. The lowest BCUT2D eigenvalue weighted by molar-refractivity contribution is -0.137. The fraction of sp³-hybridized carbons (Fsp3) is 0.357. The van der Waals surface area contributed by atoms with Crippen molar-refractivity contribution in [1.82, 2.24) is 4.57 Å². The third-order valence-corrected chi connectivity index (χ3v) is 3.23. The van der Waals surface area contributed by atoms with E-state index in [0.717, 1.165) is 5.69 Å². The van der Waals surface area contributed by atoms with E-state index in [2.05, 4.69) is 36.6 Å². The van der Waals surface area contributed by atoms with Crippen LogP contribution in [0.25, 0.3) is 10.9 Å². The summed E-state index contributed by atoms with van der Waals surface area (Å²) in [6, 6.07) is 6.34. The highest BCUT2D eigenvalue weighted by atomic mass is 16.4. The SMILES string of the molecule is Cc1ccc(C)c2c1cc(C)n2CCC(=O)O. The highest BCUT2D eigenvalue weighted by Crippen LogP contribution is 2.26. The second-order valence-electron chi connectivity index (χ2n) is 4.54. The maximum Gasteiger partial charge on any atom is 0.305 e. The molecule has 2 rings (SSSR count). The van der Waals surface area contributed by atoms with E-state index in [1.807, 2.05) is 6.92 Å². The molecule has 3 heteroatoms. The van der Waals surface area contributed by atoms with Gasteiger partial charge in [-0.2, -0.15) is 0 Å². The van der Waals surface area contributed by atoms with Crippen molar-refractivity contribution in [2.45, 2.75) is 33.7 Å². The van der Waals surface area contributed by atoms with E-state index in [0.29, 0.717) is 6.54 Å². The van der Waals surface area contributed by atoms with Gasteiger partial charge in [-0.05, 0) is 38.0 Å². The van der Waals surface area contributed by atoms with E-state index in [4.69, 9.17) is 5.11 Å². The molecule has 90 valence electrons. The lowest BCUT2D eigenvalue weighted by Gasteiger charge is -2.09. The molecule has 1 heterocycles. The standard InChI is InChI=1S/C14H17NO2/c1-9-4-5-10(2)14-12(9)8-11(3)15(14)7-6-13(16)17/h4-5,8H,6-7H2,1-3H3,(H,16,17). The van der Waals surface area contributed by atoms with Crippen molar-refractivity contribution in [1.29, 1.82) is 0 Å². The van der Waals surface area contributed by atoms with Crippen LogP contribution in [-0.2, 0) is 11.3 Å². The second kappa shape index (κ2) is 4.24. The summed E-state index contributed by atoms with van der Waals surface area (Å²) in [5.74, 6) is -0.753. The van der Waals surface area contributed by atoms with E-state index in [1.165, 1.54) is 22.0 Å². The quantitative estimate of drug-likeness (QED) is 0.882. The number of rotatable bonds is 3. The van der Waals surface area contributed by atoms with E-state index < -0.39 is 5.97 Å². The topological polar surface area (TPSA) is 42.2 Å². The first-order valence-corrected chi connectivity index (χ1v) is 5.78. The van der Waals surface area contributed by atoms with Crippen molar-refractivity contribution in [2.24, 2.45) is 0 Å². The molecule has 1 aromatic carbocycles. The van der Waals surface area contributed by atoms with Gasteiger partial charge in [-0.1, -0.05) is 12.1 Å². The molecule has 2 aromatic rings. The molecule has 0 saturated carbocycles. The minimum atomic E-state index is -0.753. The van der Waals surface area contributed by atoms with Crippen LogP contribution in [0.1, 0.15) is 23.2 Å². The molecule has 1 N–H and O–H groups in total. The first-order chi connectivity index (χ1) is 8.00. The van der Waals surface area contributed by atoms with Gasteiger partial charge in [0.25, 0.3) is 0 Å². The van der Waals surface area contributed by atoms with Crippen molar-refractivity contribution < 1.29 is 9.90 Å². The van der Waals surface area contributed by atoms with Gasteiger partial charge in [0.1, 0.15) is 0 Å². The Balaban J connectivity index is 2.58. The Morgan fingerprint density at radius 1 is 1.24 bits per heavy atom. The van der Waals surface area contributed by atoms with Gasteiger partial charge in [0.2, 0.25) is 0 Å². The van der Waals surface area contributed by atoms with Crippen LogP contribution in [0.4, 0.5) is 0 Å². The van der Waals surface area contributed by atoms with Crippen molar-refractivity contribution in [3.8, 4) is 0 Å². The molecular weight excluding hydrogens is 214 g/mol. The Hall–Kier alpha value is -1.77. The molecule has 17 heavy (non-hydrogen) atoms. The summed E-state index contributed by atoms with van der Waals surface area (Å²) in [4.78, 5) is 10.7. The zero-order chi connectivity index (χ0) is 12.6.